The summed E-state index contributed by atoms with van der Waals surface area (Å²) < 4.78 is 0. The Balaban J connectivity index is 3.50. The van der Waals surface area contributed by atoms with E-state index in [9.17, 15) is 4.79 Å². The van der Waals surface area contributed by atoms with Crippen molar-refractivity contribution in [1.82, 2.24) is 5.32 Å². The maximum atomic E-state index is 11.4. The molecule has 0 aromatic rings. The lowest BCUT2D eigenvalue weighted by Crippen LogP contribution is -2.37. The molecule has 0 aromatic carbocycles. The van der Waals surface area contributed by atoms with E-state index < -0.39 is 0 Å². The molecule has 0 radical (unpaired) electrons. The van der Waals surface area contributed by atoms with Crippen LogP contribution in [0, 0.1) is 0 Å². The van der Waals surface area contributed by atoms with Crippen LogP contribution in [-0.4, -0.2) is 17.9 Å². The first-order valence-electron chi connectivity index (χ1n) is 5.22. The van der Waals surface area contributed by atoms with Crippen molar-refractivity contribution in [3.05, 3.63) is 12.2 Å². The van der Waals surface area contributed by atoms with E-state index in [2.05, 4.69) is 32.7 Å². The van der Waals surface area contributed by atoms with Crippen molar-refractivity contribution in [2.75, 3.05) is 6.54 Å². The summed E-state index contributed by atoms with van der Waals surface area (Å²) in [5.74, 6) is 0.324. The van der Waals surface area contributed by atoms with Crippen molar-refractivity contribution in [3.63, 3.8) is 0 Å². The summed E-state index contributed by atoms with van der Waals surface area (Å²) in [6.45, 7) is 12.8. The van der Waals surface area contributed by atoms with Crippen LogP contribution in [0.5, 0.6) is 0 Å². The minimum atomic E-state index is 0.106. The van der Waals surface area contributed by atoms with E-state index in [0.717, 1.165) is 18.5 Å². The van der Waals surface area contributed by atoms with Gasteiger partial charge in [0.25, 0.3) is 0 Å². The average molecular weight is 197 g/mol. The van der Waals surface area contributed by atoms with Gasteiger partial charge in [-0.2, -0.15) is 0 Å². The number of nitrogens with one attached hydrogen (secondary N) is 1. The van der Waals surface area contributed by atoms with Gasteiger partial charge in [-0.1, -0.05) is 5.57 Å². The largest absolute Gasteiger partial charge is 0.312 e. The second-order valence-corrected chi connectivity index (χ2v) is 4.92. The van der Waals surface area contributed by atoms with Gasteiger partial charge in [0, 0.05) is 24.9 Å². The maximum absolute atomic E-state index is 11.4. The number of hydrogen-bond donors (Lipinski definition) is 1. The highest BCUT2D eigenvalue weighted by Gasteiger charge is 2.09. The third-order valence-electron chi connectivity index (χ3n) is 1.89. The van der Waals surface area contributed by atoms with Crippen molar-refractivity contribution in [2.45, 2.75) is 52.5 Å². The lowest BCUT2D eigenvalue weighted by molar-refractivity contribution is -0.119. The highest BCUT2D eigenvalue weighted by molar-refractivity contribution is 5.78. The predicted octanol–water partition coefficient (Wildman–Crippen LogP) is 2.69. The van der Waals surface area contributed by atoms with Gasteiger partial charge in [-0.3, -0.25) is 4.79 Å². The Bertz CT molecular complexity index is 201. The topological polar surface area (TPSA) is 29.1 Å². The summed E-state index contributed by atoms with van der Waals surface area (Å²) in [5.41, 5.74) is 1.19. The lowest BCUT2D eigenvalue weighted by Gasteiger charge is -2.20. The van der Waals surface area contributed by atoms with Gasteiger partial charge in [0.1, 0.15) is 5.78 Å². The molecule has 82 valence electrons. The molecule has 2 heteroatoms. The second kappa shape index (κ2) is 5.97. The molecule has 0 bridgehead atoms. The van der Waals surface area contributed by atoms with Gasteiger partial charge in [0.05, 0.1) is 0 Å². The molecule has 0 rings (SSSR count). The molecule has 0 spiro atoms. The van der Waals surface area contributed by atoms with Gasteiger partial charge >= 0.3 is 0 Å². The molecule has 0 saturated carbocycles. The van der Waals surface area contributed by atoms with Crippen molar-refractivity contribution >= 4 is 5.78 Å². The Labute approximate surface area is 87.8 Å². The zero-order valence-corrected chi connectivity index (χ0v) is 9.94. The van der Waals surface area contributed by atoms with Gasteiger partial charge in [-0.15, -0.1) is 6.58 Å². The normalized spacial score (nSPS) is 11.4. The van der Waals surface area contributed by atoms with E-state index in [0.29, 0.717) is 18.6 Å². The summed E-state index contributed by atoms with van der Waals surface area (Å²) in [6, 6.07) is 0. The smallest absolute Gasteiger partial charge is 0.134 e. The molecule has 0 aliphatic rings. The van der Waals surface area contributed by atoms with Crippen LogP contribution in [0.1, 0.15) is 47.0 Å². The van der Waals surface area contributed by atoms with Crippen molar-refractivity contribution in [1.29, 1.82) is 0 Å². The van der Waals surface area contributed by atoms with E-state index in [1.54, 1.807) is 0 Å². The first-order valence-corrected chi connectivity index (χ1v) is 5.22. The fourth-order valence-electron chi connectivity index (χ4n) is 1.05. The van der Waals surface area contributed by atoms with E-state index in [4.69, 9.17) is 0 Å². The number of allylic oxidation sites excluding steroid dienone is 1. The molecular weight excluding hydrogens is 174 g/mol. The maximum Gasteiger partial charge on any atom is 0.134 e. The van der Waals surface area contributed by atoms with E-state index >= 15 is 0 Å². The second-order valence-electron chi connectivity index (χ2n) is 4.92. The Hall–Kier alpha value is -0.630. The van der Waals surface area contributed by atoms with Gasteiger partial charge in [0.15, 0.2) is 0 Å². The van der Waals surface area contributed by atoms with Crippen LogP contribution in [0.3, 0.4) is 0 Å². The van der Waals surface area contributed by atoms with Gasteiger partial charge in [-0.25, -0.2) is 0 Å². The quantitative estimate of drug-likeness (QED) is 0.663. The molecule has 0 heterocycles. The molecule has 0 unspecified atom stereocenters. The standard InChI is InChI=1S/C12H23NO/c1-10(2)6-7-11(14)8-9-13-12(3,4)5/h13H,1,6-9H2,2-5H3. The summed E-state index contributed by atoms with van der Waals surface area (Å²) in [4.78, 5) is 11.4. The van der Waals surface area contributed by atoms with Crippen molar-refractivity contribution in [3.8, 4) is 0 Å². The third kappa shape index (κ3) is 9.46. The van der Waals surface area contributed by atoms with Crippen LogP contribution in [0.25, 0.3) is 0 Å². The first kappa shape index (κ1) is 13.4. The monoisotopic (exact) mass is 197 g/mol. The fraction of sp³-hybridized carbons (Fsp3) is 0.750. The first-order chi connectivity index (χ1) is 6.31. The van der Waals surface area contributed by atoms with Crippen LogP contribution >= 0.6 is 0 Å². The number of carbonyl (C=O) groups excluding carboxylic acids is 1. The third-order valence-corrected chi connectivity index (χ3v) is 1.89. The average Bonchev–Trinajstić information content (AvgIpc) is 1.98. The van der Waals surface area contributed by atoms with E-state index in [1.165, 1.54) is 0 Å². The highest BCUT2D eigenvalue weighted by atomic mass is 16.1. The molecule has 0 aliphatic heterocycles. The Morgan fingerprint density at radius 1 is 1.21 bits per heavy atom. The van der Waals surface area contributed by atoms with E-state index in [-0.39, 0.29) is 5.54 Å². The van der Waals surface area contributed by atoms with Gasteiger partial charge in [0.2, 0.25) is 0 Å². The van der Waals surface area contributed by atoms with Gasteiger partial charge < -0.3 is 5.32 Å². The molecule has 0 aliphatic carbocycles. The molecule has 0 fully saturated rings. The molecule has 14 heavy (non-hydrogen) atoms. The summed E-state index contributed by atoms with van der Waals surface area (Å²) >= 11 is 0. The summed E-state index contributed by atoms with van der Waals surface area (Å²) in [6.07, 6.45) is 2.10. The van der Waals surface area contributed by atoms with Crippen LogP contribution in [0.15, 0.2) is 12.2 Å². The van der Waals surface area contributed by atoms with Crippen LogP contribution < -0.4 is 5.32 Å². The molecule has 2 nitrogen and oxygen atoms in total. The van der Waals surface area contributed by atoms with Crippen LogP contribution in [0.4, 0.5) is 0 Å². The number of carbonyl (C=O) groups is 1. The molecule has 0 amide bonds. The number of hydrogen-bond acceptors (Lipinski definition) is 2. The minimum Gasteiger partial charge on any atom is -0.312 e. The zero-order chi connectivity index (χ0) is 11.2. The van der Waals surface area contributed by atoms with Crippen molar-refractivity contribution < 1.29 is 4.79 Å². The predicted molar refractivity (Wildman–Crippen MR) is 61.4 cm³/mol. The fourth-order valence-corrected chi connectivity index (χ4v) is 1.05. The lowest BCUT2D eigenvalue weighted by atomic mass is 10.1. The number of Topliss-reactive ketones (excluding diaryl/α,β-unsaturated/α-hetero) is 1. The van der Waals surface area contributed by atoms with Gasteiger partial charge in [-0.05, 0) is 34.1 Å². The Kier molecular flexibility index (Phi) is 5.70. The SMILES string of the molecule is C=C(C)CCC(=O)CCNC(C)(C)C. The molecule has 0 atom stereocenters. The molecule has 0 saturated heterocycles. The zero-order valence-electron chi connectivity index (χ0n) is 9.94. The summed E-state index contributed by atoms with van der Waals surface area (Å²) in [7, 11) is 0. The summed E-state index contributed by atoms with van der Waals surface area (Å²) in [5, 5.41) is 3.30. The van der Waals surface area contributed by atoms with E-state index in [1.807, 2.05) is 6.92 Å². The molecular formula is C12H23NO. The number of rotatable bonds is 6. The highest BCUT2D eigenvalue weighted by Crippen LogP contribution is 2.03. The number of ketones is 1. The van der Waals surface area contributed by atoms with Crippen molar-refractivity contribution in [2.24, 2.45) is 0 Å². The molecule has 0 aromatic heterocycles. The molecule has 1 N–H and O–H groups in total. The van der Waals surface area contributed by atoms with Crippen LogP contribution in [0.2, 0.25) is 0 Å². The minimum absolute atomic E-state index is 0.106. The Morgan fingerprint density at radius 3 is 2.21 bits per heavy atom. The van der Waals surface area contributed by atoms with Crippen LogP contribution in [-0.2, 0) is 4.79 Å². The Morgan fingerprint density at radius 2 is 1.79 bits per heavy atom.